The number of hydrogen-bond acceptors (Lipinski definition) is 6. The Morgan fingerprint density at radius 1 is 1.10 bits per heavy atom. The molecule has 1 N–H and O–H groups in total. The fourth-order valence-corrected chi connectivity index (χ4v) is 4.04. The molecule has 1 aliphatic rings. The van der Waals surface area contributed by atoms with E-state index in [2.05, 4.69) is 25.7 Å². The topological polar surface area (TPSA) is 75.9 Å². The average Bonchev–Trinajstić information content (AvgIpc) is 3.22. The van der Waals surface area contributed by atoms with Crippen LogP contribution in [-0.4, -0.2) is 45.0 Å². The summed E-state index contributed by atoms with van der Waals surface area (Å²) in [6.07, 6.45) is 3.59. The number of amides is 1. The van der Waals surface area contributed by atoms with Crippen molar-refractivity contribution in [2.24, 2.45) is 0 Å². The lowest BCUT2D eigenvalue weighted by atomic mass is 10.1. The molecule has 1 aromatic heterocycles. The second-order valence-corrected chi connectivity index (χ2v) is 7.70. The fourth-order valence-electron chi connectivity index (χ4n) is 3.35. The monoisotopic (exact) mass is 412 g/mol. The number of thioether (sulfide) groups is 1. The number of para-hydroxylation sites is 2. The molecule has 1 aliphatic heterocycles. The van der Waals surface area contributed by atoms with Crippen LogP contribution in [0, 0.1) is 5.82 Å². The maximum Gasteiger partial charge on any atom is 0.234 e. The number of aromatic nitrogens is 4. The van der Waals surface area contributed by atoms with E-state index in [4.69, 9.17) is 0 Å². The molecule has 29 heavy (non-hydrogen) atoms. The lowest BCUT2D eigenvalue weighted by Gasteiger charge is -2.30. The molecule has 7 nitrogen and oxygen atoms in total. The van der Waals surface area contributed by atoms with E-state index in [0.717, 1.165) is 24.5 Å². The maximum atomic E-state index is 13.5. The number of tetrazole rings is 1. The number of rotatable bonds is 6. The van der Waals surface area contributed by atoms with Gasteiger partial charge >= 0.3 is 0 Å². The molecular formula is C20H21FN6OS. The van der Waals surface area contributed by atoms with Gasteiger partial charge in [-0.25, -0.2) is 4.39 Å². The molecule has 2 aromatic carbocycles. The molecule has 2 heterocycles. The van der Waals surface area contributed by atoms with Crippen LogP contribution >= 0.6 is 11.8 Å². The van der Waals surface area contributed by atoms with Gasteiger partial charge in [0.2, 0.25) is 11.1 Å². The van der Waals surface area contributed by atoms with Crippen LogP contribution in [0.25, 0.3) is 5.69 Å². The van der Waals surface area contributed by atoms with Crippen molar-refractivity contribution in [2.45, 2.75) is 24.4 Å². The van der Waals surface area contributed by atoms with Crippen molar-refractivity contribution in [3.63, 3.8) is 0 Å². The largest absolute Gasteiger partial charge is 0.370 e. The molecule has 3 aromatic rings. The van der Waals surface area contributed by atoms with Crippen LogP contribution in [0.1, 0.15) is 19.3 Å². The number of anilines is 2. The van der Waals surface area contributed by atoms with Gasteiger partial charge in [-0.05, 0) is 60.0 Å². The Balaban J connectivity index is 1.41. The molecule has 0 aliphatic carbocycles. The van der Waals surface area contributed by atoms with Gasteiger partial charge < -0.3 is 10.2 Å². The van der Waals surface area contributed by atoms with E-state index < -0.39 is 0 Å². The van der Waals surface area contributed by atoms with Crippen LogP contribution < -0.4 is 10.2 Å². The Kier molecular flexibility index (Phi) is 6.04. The smallest absolute Gasteiger partial charge is 0.234 e. The fraction of sp³-hybridized carbons (Fsp3) is 0.300. The molecule has 1 fully saturated rings. The summed E-state index contributed by atoms with van der Waals surface area (Å²) in [6.45, 7) is 2.01. The Morgan fingerprint density at radius 3 is 2.76 bits per heavy atom. The van der Waals surface area contributed by atoms with Crippen LogP contribution in [0.4, 0.5) is 15.8 Å². The third kappa shape index (κ3) is 4.73. The van der Waals surface area contributed by atoms with E-state index in [1.807, 2.05) is 24.3 Å². The first-order valence-corrected chi connectivity index (χ1v) is 10.5. The number of nitrogens with one attached hydrogen (secondary N) is 1. The third-order valence-corrected chi connectivity index (χ3v) is 5.62. The average molecular weight is 412 g/mol. The lowest BCUT2D eigenvalue weighted by Crippen LogP contribution is -2.30. The highest BCUT2D eigenvalue weighted by molar-refractivity contribution is 7.99. The number of carbonyl (C=O) groups excluding carboxylic acids is 1. The van der Waals surface area contributed by atoms with Gasteiger partial charge in [-0.3, -0.25) is 4.79 Å². The highest BCUT2D eigenvalue weighted by atomic mass is 32.2. The highest BCUT2D eigenvalue weighted by Gasteiger charge is 2.17. The van der Waals surface area contributed by atoms with Gasteiger partial charge in [0.1, 0.15) is 5.82 Å². The lowest BCUT2D eigenvalue weighted by molar-refractivity contribution is -0.113. The standard InChI is InChI=1S/C20H21FN6OS/c21-15-7-6-8-16(13-15)27-20(23-24-25-27)29-14-19(28)22-17-9-2-3-10-18(17)26-11-4-1-5-12-26/h2-3,6-10,13H,1,4-5,11-12,14H2,(H,22,28). The summed E-state index contributed by atoms with van der Waals surface area (Å²) in [5.41, 5.74) is 2.37. The predicted octanol–water partition coefficient (Wildman–Crippen LogP) is 3.52. The van der Waals surface area contributed by atoms with Crippen molar-refractivity contribution in [3.05, 3.63) is 54.3 Å². The van der Waals surface area contributed by atoms with Crippen molar-refractivity contribution in [3.8, 4) is 5.69 Å². The molecule has 1 saturated heterocycles. The number of carbonyl (C=O) groups is 1. The van der Waals surface area contributed by atoms with Gasteiger partial charge in [0.15, 0.2) is 0 Å². The summed E-state index contributed by atoms with van der Waals surface area (Å²) < 4.78 is 14.9. The van der Waals surface area contributed by atoms with Crippen LogP contribution in [-0.2, 0) is 4.79 Å². The Labute approximate surface area is 172 Å². The zero-order chi connectivity index (χ0) is 20.1. The molecule has 0 unspecified atom stereocenters. The number of benzene rings is 2. The molecule has 0 atom stereocenters. The minimum atomic E-state index is -0.374. The first kappa shape index (κ1) is 19.4. The van der Waals surface area contributed by atoms with E-state index in [1.54, 1.807) is 12.1 Å². The summed E-state index contributed by atoms with van der Waals surface area (Å²) in [5, 5.41) is 14.9. The van der Waals surface area contributed by atoms with E-state index in [9.17, 15) is 9.18 Å². The van der Waals surface area contributed by atoms with Crippen LogP contribution in [0.5, 0.6) is 0 Å². The molecule has 0 radical (unpaired) electrons. The summed E-state index contributed by atoms with van der Waals surface area (Å²) in [7, 11) is 0. The molecule has 1 amide bonds. The number of piperidine rings is 1. The molecule has 0 saturated carbocycles. The van der Waals surface area contributed by atoms with Crippen LogP contribution in [0.2, 0.25) is 0 Å². The quantitative estimate of drug-likeness (QED) is 0.625. The van der Waals surface area contributed by atoms with Gasteiger partial charge in [-0.15, -0.1) is 5.10 Å². The van der Waals surface area contributed by atoms with Crippen molar-refractivity contribution in [1.29, 1.82) is 0 Å². The second kappa shape index (κ2) is 9.04. The first-order valence-electron chi connectivity index (χ1n) is 9.52. The van der Waals surface area contributed by atoms with Crippen LogP contribution in [0.15, 0.2) is 53.7 Å². The SMILES string of the molecule is O=C(CSc1nnnn1-c1cccc(F)c1)Nc1ccccc1N1CCCCC1. The van der Waals surface area contributed by atoms with Crippen LogP contribution in [0.3, 0.4) is 0 Å². The third-order valence-electron chi connectivity index (χ3n) is 4.70. The molecule has 0 spiro atoms. The molecule has 4 rings (SSSR count). The molecular weight excluding hydrogens is 391 g/mol. The van der Waals surface area contributed by atoms with Crippen molar-refractivity contribution in [1.82, 2.24) is 20.2 Å². The highest BCUT2D eigenvalue weighted by Crippen LogP contribution is 2.28. The van der Waals surface area contributed by atoms with Gasteiger partial charge in [0, 0.05) is 13.1 Å². The first-order chi connectivity index (χ1) is 14.2. The van der Waals surface area contributed by atoms with E-state index >= 15 is 0 Å². The number of nitrogens with zero attached hydrogens (tertiary/aromatic N) is 5. The minimum Gasteiger partial charge on any atom is -0.370 e. The molecule has 9 heteroatoms. The predicted molar refractivity (Wildman–Crippen MR) is 111 cm³/mol. The summed E-state index contributed by atoms with van der Waals surface area (Å²) in [4.78, 5) is 14.9. The summed E-state index contributed by atoms with van der Waals surface area (Å²) >= 11 is 1.20. The maximum absolute atomic E-state index is 13.5. The van der Waals surface area contributed by atoms with Crippen molar-refractivity contribution < 1.29 is 9.18 Å². The Hall–Kier alpha value is -2.94. The zero-order valence-corrected chi connectivity index (χ0v) is 16.6. The molecule has 150 valence electrons. The van der Waals surface area contributed by atoms with Gasteiger partial charge in [-0.2, -0.15) is 4.68 Å². The van der Waals surface area contributed by atoms with E-state index in [1.165, 1.54) is 47.8 Å². The second-order valence-electron chi connectivity index (χ2n) is 6.75. The summed E-state index contributed by atoms with van der Waals surface area (Å²) in [6, 6.07) is 13.9. The molecule has 0 bridgehead atoms. The zero-order valence-electron chi connectivity index (χ0n) is 15.8. The normalized spacial score (nSPS) is 14.0. The Morgan fingerprint density at radius 2 is 1.93 bits per heavy atom. The van der Waals surface area contributed by atoms with E-state index in [-0.39, 0.29) is 17.5 Å². The number of hydrogen-bond donors (Lipinski definition) is 1. The van der Waals surface area contributed by atoms with Crippen molar-refractivity contribution in [2.75, 3.05) is 29.1 Å². The van der Waals surface area contributed by atoms with Gasteiger partial charge in [-0.1, -0.05) is 30.0 Å². The minimum absolute atomic E-state index is 0.143. The number of halogens is 1. The van der Waals surface area contributed by atoms with Gasteiger partial charge in [0.05, 0.1) is 22.8 Å². The van der Waals surface area contributed by atoms with Crippen molar-refractivity contribution >= 4 is 29.0 Å². The Bertz CT molecular complexity index is 988. The van der Waals surface area contributed by atoms with Gasteiger partial charge in [0.25, 0.3) is 0 Å². The van der Waals surface area contributed by atoms with E-state index in [0.29, 0.717) is 10.8 Å². The summed E-state index contributed by atoms with van der Waals surface area (Å²) in [5.74, 6) is -0.376.